The van der Waals surface area contributed by atoms with E-state index < -0.39 is 0 Å². The van der Waals surface area contributed by atoms with Crippen molar-refractivity contribution in [2.45, 2.75) is 13.7 Å². The van der Waals surface area contributed by atoms with Crippen molar-refractivity contribution in [3.8, 4) is 0 Å². The van der Waals surface area contributed by atoms with Gasteiger partial charge < -0.3 is 20.8 Å². The Hall–Kier alpha value is -1.59. The molecule has 0 atom stereocenters. The molecule has 0 aliphatic carbocycles. The summed E-state index contributed by atoms with van der Waals surface area (Å²) in [4.78, 5) is 0. The number of aryl methyl sites for hydroxylation is 1. The summed E-state index contributed by atoms with van der Waals surface area (Å²) in [6, 6.07) is 16.8. The van der Waals surface area contributed by atoms with Gasteiger partial charge in [-0.3, -0.25) is 0 Å². The zero-order chi connectivity index (χ0) is 17.4. The van der Waals surface area contributed by atoms with Gasteiger partial charge in [0, 0.05) is 26.3 Å². The van der Waals surface area contributed by atoms with Gasteiger partial charge in [0.1, 0.15) is 0 Å². The summed E-state index contributed by atoms with van der Waals surface area (Å²) in [6.07, 6.45) is 0. The van der Waals surface area contributed by atoms with E-state index in [1.54, 1.807) is 0 Å². The summed E-state index contributed by atoms with van der Waals surface area (Å²) in [5.41, 5.74) is 15.7. The van der Waals surface area contributed by atoms with Crippen LogP contribution in [0.5, 0.6) is 0 Å². The van der Waals surface area contributed by atoms with Crippen molar-refractivity contribution in [3.05, 3.63) is 54.1 Å². The molecule has 0 radical (unpaired) electrons. The number of rotatable bonds is 9. The van der Waals surface area contributed by atoms with E-state index in [2.05, 4.69) is 49.4 Å². The van der Waals surface area contributed by atoms with E-state index in [-0.39, 0.29) is 13.8 Å². The van der Waals surface area contributed by atoms with Crippen molar-refractivity contribution in [2.24, 2.45) is 11.5 Å². The summed E-state index contributed by atoms with van der Waals surface area (Å²) < 4.78 is 11.8. The normalized spacial score (nSPS) is 10.7. The molecule has 0 fully saturated rings. The highest BCUT2D eigenvalue weighted by atomic mass is 16.4. The van der Waals surface area contributed by atoms with Gasteiger partial charge >= 0.3 is 13.8 Å². The first-order valence-corrected chi connectivity index (χ1v) is 8.45. The monoisotopic (exact) mass is 324 g/mol. The lowest BCUT2D eigenvalue weighted by Gasteiger charge is -2.17. The van der Waals surface area contributed by atoms with Crippen molar-refractivity contribution >= 4 is 30.2 Å². The van der Waals surface area contributed by atoms with Crippen molar-refractivity contribution in [2.75, 3.05) is 26.3 Å². The minimum absolute atomic E-state index is 0.00155. The zero-order valence-corrected chi connectivity index (χ0v) is 14.6. The van der Waals surface area contributed by atoms with Crippen LogP contribution < -0.4 is 27.9 Å². The van der Waals surface area contributed by atoms with E-state index in [0.29, 0.717) is 26.3 Å². The highest BCUT2D eigenvalue weighted by molar-refractivity contribution is 6.80. The Morgan fingerprint density at radius 2 is 1.46 bits per heavy atom. The SMILES string of the molecule is CB(OCCN)c1cccc(B(OCCN)c2ccc(C)cc2)c1. The highest BCUT2D eigenvalue weighted by Gasteiger charge is 2.22. The summed E-state index contributed by atoms with van der Waals surface area (Å²) in [5, 5.41) is 0. The van der Waals surface area contributed by atoms with Gasteiger partial charge in [0.25, 0.3) is 0 Å². The molecule has 4 N–H and O–H groups in total. The molecule has 0 amide bonds. The van der Waals surface area contributed by atoms with Crippen LogP contribution in [0.4, 0.5) is 0 Å². The molecule has 24 heavy (non-hydrogen) atoms. The number of benzene rings is 2. The maximum Gasteiger partial charge on any atom is 0.361 e. The fourth-order valence-electron chi connectivity index (χ4n) is 2.63. The molecule has 2 aromatic rings. The molecule has 126 valence electrons. The van der Waals surface area contributed by atoms with Crippen LogP contribution in [0.2, 0.25) is 6.82 Å². The van der Waals surface area contributed by atoms with Gasteiger partial charge in [-0.2, -0.15) is 0 Å². The van der Waals surface area contributed by atoms with Crippen LogP contribution in [0.25, 0.3) is 0 Å². The molecule has 4 nitrogen and oxygen atoms in total. The Morgan fingerprint density at radius 1 is 0.833 bits per heavy atom. The van der Waals surface area contributed by atoms with Crippen LogP contribution in [0.15, 0.2) is 48.5 Å². The summed E-state index contributed by atoms with van der Waals surface area (Å²) in [6.45, 7) is 6.08. The summed E-state index contributed by atoms with van der Waals surface area (Å²) >= 11 is 0. The average Bonchev–Trinajstić information content (AvgIpc) is 2.61. The van der Waals surface area contributed by atoms with Gasteiger partial charge in [-0.1, -0.05) is 60.9 Å². The van der Waals surface area contributed by atoms with Gasteiger partial charge in [-0.15, -0.1) is 0 Å². The quantitative estimate of drug-likeness (QED) is 0.631. The predicted molar refractivity (Wildman–Crippen MR) is 104 cm³/mol. The van der Waals surface area contributed by atoms with Gasteiger partial charge in [0.2, 0.25) is 0 Å². The van der Waals surface area contributed by atoms with Crippen LogP contribution in [-0.2, 0) is 9.31 Å². The zero-order valence-electron chi connectivity index (χ0n) is 14.6. The number of hydrogen-bond acceptors (Lipinski definition) is 4. The molecule has 2 aromatic carbocycles. The van der Waals surface area contributed by atoms with Crippen LogP contribution >= 0.6 is 0 Å². The third kappa shape index (κ3) is 5.21. The largest absolute Gasteiger partial charge is 0.430 e. The average molecular weight is 324 g/mol. The lowest BCUT2D eigenvalue weighted by molar-refractivity contribution is 0.341. The molecule has 0 heterocycles. The van der Waals surface area contributed by atoms with Crippen LogP contribution in [0.1, 0.15) is 5.56 Å². The molecular formula is C18H26B2N2O2. The Bertz CT molecular complexity index is 623. The highest BCUT2D eigenvalue weighted by Crippen LogP contribution is 1.98. The first-order chi connectivity index (χ1) is 11.7. The van der Waals surface area contributed by atoms with Crippen molar-refractivity contribution in [1.29, 1.82) is 0 Å². The predicted octanol–water partition coefficient (Wildman–Crippen LogP) is -0.120. The Balaban J connectivity index is 2.27. The maximum atomic E-state index is 6.03. The smallest absolute Gasteiger partial charge is 0.361 e. The Morgan fingerprint density at radius 3 is 2.12 bits per heavy atom. The van der Waals surface area contributed by atoms with Crippen LogP contribution in [0.3, 0.4) is 0 Å². The fraction of sp³-hybridized carbons (Fsp3) is 0.333. The van der Waals surface area contributed by atoms with E-state index in [1.165, 1.54) is 5.56 Å². The lowest BCUT2D eigenvalue weighted by Crippen LogP contribution is -2.48. The number of hydrogen-bond donors (Lipinski definition) is 2. The molecule has 0 saturated heterocycles. The van der Waals surface area contributed by atoms with E-state index in [9.17, 15) is 0 Å². The second kappa shape index (κ2) is 9.64. The third-order valence-electron chi connectivity index (χ3n) is 3.95. The molecule has 0 saturated carbocycles. The summed E-state index contributed by atoms with van der Waals surface area (Å²) in [5.74, 6) is 0. The van der Waals surface area contributed by atoms with Crippen LogP contribution in [-0.4, -0.2) is 40.1 Å². The maximum absolute atomic E-state index is 6.03. The van der Waals surface area contributed by atoms with Crippen molar-refractivity contribution in [3.63, 3.8) is 0 Å². The second-order valence-corrected chi connectivity index (χ2v) is 5.92. The second-order valence-electron chi connectivity index (χ2n) is 5.92. The van der Waals surface area contributed by atoms with Crippen LogP contribution in [0, 0.1) is 6.92 Å². The Kier molecular flexibility index (Phi) is 7.53. The standard InChI is InChI=1S/C18H26B2N2O2/c1-15-6-8-16(9-7-15)20(24-13-11-22)18-5-3-4-17(14-18)19(2)23-12-10-21/h3-9,14H,10-13,21-22H2,1-2H3. The first kappa shape index (κ1) is 18.7. The molecule has 0 spiro atoms. The van der Waals surface area contributed by atoms with E-state index >= 15 is 0 Å². The molecule has 0 bridgehead atoms. The molecule has 2 rings (SSSR count). The number of nitrogens with two attached hydrogens (primary N) is 2. The molecule has 0 aliphatic heterocycles. The minimum atomic E-state index is -0.129. The van der Waals surface area contributed by atoms with Gasteiger partial charge in [0.05, 0.1) is 0 Å². The topological polar surface area (TPSA) is 70.5 Å². The fourth-order valence-corrected chi connectivity index (χ4v) is 2.63. The van der Waals surface area contributed by atoms with Crippen molar-refractivity contribution < 1.29 is 9.31 Å². The molecule has 6 heteroatoms. The lowest BCUT2D eigenvalue weighted by atomic mass is 9.53. The van der Waals surface area contributed by atoms with Gasteiger partial charge in [-0.05, 0) is 23.3 Å². The van der Waals surface area contributed by atoms with Gasteiger partial charge in [-0.25, -0.2) is 0 Å². The van der Waals surface area contributed by atoms with Crippen molar-refractivity contribution in [1.82, 2.24) is 0 Å². The molecular weight excluding hydrogens is 298 g/mol. The Labute approximate surface area is 145 Å². The molecule has 0 aliphatic rings. The molecule has 0 unspecified atom stereocenters. The summed E-state index contributed by atoms with van der Waals surface area (Å²) in [7, 11) is 0. The third-order valence-corrected chi connectivity index (χ3v) is 3.95. The minimum Gasteiger partial charge on any atom is -0.430 e. The van der Waals surface area contributed by atoms with Gasteiger partial charge in [0.15, 0.2) is 0 Å². The van der Waals surface area contributed by atoms with E-state index in [0.717, 1.165) is 16.4 Å². The van der Waals surface area contributed by atoms with E-state index in [1.807, 2.05) is 12.9 Å². The molecule has 0 aromatic heterocycles. The van der Waals surface area contributed by atoms with E-state index in [4.69, 9.17) is 20.8 Å². The first-order valence-electron chi connectivity index (χ1n) is 8.45.